The van der Waals surface area contributed by atoms with Crippen LogP contribution in [0.4, 0.5) is 0 Å². The molecule has 0 heterocycles. The molecular weight excluding hydrogens is 288 g/mol. The highest BCUT2D eigenvalue weighted by Crippen LogP contribution is 2.62. The molecule has 23 heavy (non-hydrogen) atoms. The van der Waals surface area contributed by atoms with E-state index in [2.05, 4.69) is 27.7 Å². The molecule has 0 amide bonds. The van der Waals surface area contributed by atoms with Crippen molar-refractivity contribution >= 4 is 0 Å². The summed E-state index contributed by atoms with van der Waals surface area (Å²) in [5.74, 6) is 0.689. The molecule has 0 unspecified atom stereocenters. The van der Waals surface area contributed by atoms with Gasteiger partial charge in [-0.15, -0.1) is 0 Å². The third-order valence-corrected chi connectivity index (χ3v) is 7.26. The van der Waals surface area contributed by atoms with Gasteiger partial charge in [-0.2, -0.15) is 0 Å². The molecule has 0 aromatic heterocycles. The highest BCUT2D eigenvalue weighted by Gasteiger charge is 2.59. The standard InChI is InChI=1S/C20H36O3/c1-14(10-13-21)6-7-16-19(4)11-9-17(22)18(2,3)15(19)8-12-20(16,5)23/h10,15-17,21-23H,6-9,11-13H2,1-5H3/b14-10+/t15-,16+,17+,19-,20+/m1/s1. The molecule has 0 saturated heterocycles. The molecule has 0 aromatic rings. The molecule has 3 N–H and O–H groups in total. The van der Waals surface area contributed by atoms with Gasteiger partial charge in [-0.3, -0.25) is 0 Å². The van der Waals surface area contributed by atoms with Crippen LogP contribution in [0.25, 0.3) is 0 Å². The van der Waals surface area contributed by atoms with E-state index in [1.54, 1.807) is 0 Å². The molecule has 0 radical (unpaired) electrons. The summed E-state index contributed by atoms with van der Waals surface area (Å²) >= 11 is 0. The number of hydrogen-bond acceptors (Lipinski definition) is 3. The van der Waals surface area contributed by atoms with Gasteiger partial charge in [0.2, 0.25) is 0 Å². The van der Waals surface area contributed by atoms with Gasteiger partial charge in [0.05, 0.1) is 18.3 Å². The van der Waals surface area contributed by atoms with Gasteiger partial charge in [0, 0.05) is 0 Å². The summed E-state index contributed by atoms with van der Waals surface area (Å²) in [6.07, 6.45) is 7.14. The first-order valence-corrected chi connectivity index (χ1v) is 9.22. The van der Waals surface area contributed by atoms with Crippen LogP contribution in [0.5, 0.6) is 0 Å². The minimum absolute atomic E-state index is 0.0734. The van der Waals surface area contributed by atoms with Crippen LogP contribution in [0.2, 0.25) is 0 Å². The van der Waals surface area contributed by atoms with E-state index in [4.69, 9.17) is 5.11 Å². The highest BCUT2D eigenvalue weighted by atomic mass is 16.3. The monoisotopic (exact) mass is 324 g/mol. The summed E-state index contributed by atoms with van der Waals surface area (Å²) in [4.78, 5) is 0. The normalized spacial score (nSPS) is 44.0. The Bertz CT molecular complexity index is 452. The summed E-state index contributed by atoms with van der Waals surface area (Å²) < 4.78 is 0. The van der Waals surface area contributed by atoms with Crippen molar-refractivity contribution in [2.45, 2.75) is 84.8 Å². The predicted octanol–water partition coefficient (Wildman–Crippen LogP) is 3.67. The Morgan fingerprint density at radius 3 is 2.39 bits per heavy atom. The van der Waals surface area contributed by atoms with Crippen LogP contribution in [-0.2, 0) is 0 Å². The van der Waals surface area contributed by atoms with Crippen molar-refractivity contribution in [1.82, 2.24) is 0 Å². The number of fused-ring (bicyclic) bond motifs is 1. The third kappa shape index (κ3) is 3.38. The molecule has 134 valence electrons. The molecule has 0 aliphatic heterocycles. The maximum atomic E-state index is 11.1. The second-order valence-corrected chi connectivity index (χ2v) is 9.15. The Hall–Kier alpha value is -0.380. The van der Waals surface area contributed by atoms with E-state index in [1.165, 1.54) is 5.57 Å². The van der Waals surface area contributed by atoms with Crippen molar-refractivity contribution in [3.63, 3.8) is 0 Å². The molecule has 3 nitrogen and oxygen atoms in total. The SMILES string of the molecule is C/C(=C\CO)CC[C@H]1[C@]2(C)CC[C@H](O)C(C)(C)[C@H]2CC[C@]1(C)O. The Labute approximate surface area is 141 Å². The predicted molar refractivity (Wildman–Crippen MR) is 94.0 cm³/mol. The molecular formula is C20H36O3. The van der Waals surface area contributed by atoms with Crippen molar-refractivity contribution < 1.29 is 15.3 Å². The van der Waals surface area contributed by atoms with Crippen molar-refractivity contribution in [3.8, 4) is 0 Å². The smallest absolute Gasteiger partial charge is 0.0653 e. The summed E-state index contributed by atoms with van der Waals surface area (Å²) in [6.45, 7) is 10.9. The lowest BCUT2D eigenvalue weighted by Crippen LogP contribution is -2.60. The minimum atomic E-state index is -0.636. The fourth-order valence-corrected chi connectivity index (χ4v) is 5.79. The summed E-state index contributed by atoms with van der Waals surface area (Å²) in [5, 5.41) is 30.6. The molecule has 2 aliphatic rings. The van der Waals surface area contributed by atoms with Crippen LogP contribution in [-0.4, -0.2) is 33.6 Å². The van der Waals surface area contributed by atoms with Crippen LogP contribution in [0.1, 0.15) is 73.1 Å². The van der Waals surface area contributed by atoms with Gasteiger partial charge < -0.3 is 15.3 Å². The van der Waals surface area contributed by atoms with Crippen molar-refractivity contribution in [1.29, 1.82) is 0 Å². The molecule has 2 aliphatic carbocycles. The Morgan fingerprint density at radius 1 is 1.13 bits per heavy atom. The molecule has 2 rings (SSSR count). The first kappa shape index (κ1) is 19.0. The molecule has 0 aromatic carbocycles. The van der Waals surface area contributed by atoms with Crippen LogP contribution in [0.3, 0.4) is 0 Å². The molecule has 0 spiro atoms. The number of allylic oxidation sites excluding steroid dienone is 1. The topological polar surface area (TPSA) is 60.7 Å². The molecule has 3 heteroatoms. The summed E-state index contributed by atoms with van der Waals surface area (Å²) in [6, 6.07) is 0. The zero-order valence-corrected chi connectivity index (χ0v) is 15.6. The van der Waals surface area contributed by atoms with E-state index in [9.17, 15) is 10.2 Å². The summed E-state index contributed by atoms with van der Waals surface area (Å²) in [7, 11) is 0. The van der Waals surface area contributed by atoms with Crippen LogP contribution in [0, 0.1) is 22.7 Å². The van der Waals surface area contributed by atoms with Crippen molar-refractivity contribution in [3.05, 3.63) is 11.6 Å². The number of aliphatic hydroxyl groups excluding tert-OH is 2. The Balaban J connectivity index is 2.28. The fraction of sp³-hybridized carbons (Fsp3) is 0.900. The molecule has 2 fully saturated rings. The zero-order valence-electron chi connectivity index (χ0n) is 15.6. The lowest BCUT2D eigenvalue weighted by Gasteiger charge is -2.62. The van der Waals surface area contributed by atoms with Crippen LogP contribution < -0.4 is 0 Å². The Kier molecular flexibility index (Phi) is 5.35. The number of aliphatic hydroxyl groups is 3. The van der Waals surface area contributed by atoms with E-state index < -0.39 is 5.60 Å². The van der Waals surface area contributed by atoms with E-state index >= 15 is 0 Å². The minimum Gasteiger partial charge on any atom is -0.393 e. The quantitative estimate of drug-likeness (QED) is 0.692. The summed E-state index contributed by atoms with van der Waals surface area (Å²) in [5.41, 5.74) is 0.550. The maximum absolute atomic E-state index is 11.1. The largest absolute Gasteiger partial charge is 0.393 e. The molecule has 5 atom stereocenters. The second-order valence-electron chi connectivity index (χ2n) is 9.15. The lowest BCUT2D eigenvalue weighted by atomic mass is 9.44. The van der Waals surface area contributed by atoms with Crippen LogP contribution in [0.15, 0.2) is 11.6 Å². The molecule has 2 saturated carbocycles. The lowest BCUT2D eigenvalue weighted by molar-refractivity contribution is -0.195. The first-order chi connectivity index (χ1) is 10.6. The number of hydrogen-bond donors (Lipinski definition) is 3. The molecule has 0 bridgehead atoms. The van der Waals surface area contributed by atoms with E-state index in [-0.39, 0.29) is 29.5 Å². The van der Waals surface area contributed by atoms with Crippen molar-refractivity contribution in [2.24, 2.45) is 22.7 Å². The Morgan fingerprint density at radius 2 is 1.78 bits per heavy atom. The van der Waals surface area contributed by atoms with Gasteiger partial charge in [-0.05, 0) is 75.0 Å². The van der Waals surface area contributed by atoms with E-state index in [0.717, 1.165) is 38.5 Å². The second kappa shape index (κ2) is 6.50. The number of rotatable bonds is 4. The third-order valence-electron chi connectivity index (χ3n) is 7.26. The maximum Gasteiger partial charge on any atom is 0.0653 e. The van der Waals surface area contributed by atoms with E-state index in [0.29, 0.717) is 5.92 Å². The van der Waals surface area contributed by atoms with Gasteiger partial charge in [-0.1, -0.05) is 32.4 Å². The first-order valence-electron chi connectivity index (χ1n) is 9.22. The van der Waals surface area contributed by atoms with Crippen molar-refractivity contribution in [2.75, 3.05) is 6.61 Å². The highest BCUT2D eigenvalue weighted by molar-refractivity contribution is 5.10. The average Bonchev–Trinajstić information content (AvgIpc) is 2.42. The zero-order chi connectivity index (χ0) is 17.5. The van der Waals surface area contributed by atoms with Gasteiger partial charge >= 0.3 is 0 Å². The van der Waals surface area contributed by atoms with E-state index in [1.807, 2.05) is 13.0 Å². The van der Waals surface area contributed by atoms with Gasteiger partial charge in [0.15, 0.2) is 0 Å². The van der Waals surface area contributed by atoms with Crippen LogP contribution >= 0.6 is 0 Å². The van der Waals surface area contributed by atoms with Gasteiger partial charge in [0.25, 0.3) is 0 Å². The fourth-order valence-electron chi connectivity index (χ4n) is 5.79. The average molecular weight is 325 g/mol. The van der Waals surface area contributed by atoms with Gasteiger partial charge in [0.1, 0.15) is 0 Å². The van der Waals surface area contributed by atoms with Gasteiger partial charge in [-0.25, -0.2) is 0 Å².